The molecule has 0 unspecified atom stereocenters. The Morgan fingerprint density at radius 3 is 2.44 bits per heavy atom. The summed E-state index contributed by atoms with van der Waals surface area (Å²) in [6.07, 6.45) is 2.98. The van der Waals surface area contributed by atoms with E-state index in [4.69, 9.17) is 10.5 Å². The smallest absolute Gasteiger partial charge is 0.274 e. The van der Waals surface area contributed by atoms with E-state index in [0.717, 1.165) is 31.7 Å². The maximum atomic E-state index is 13.6. The third-order valence-electron chi connectivity index (χ3n) is 3.96. The fourth-order valence-electron chi connectivity index (χ4n) is 2.71. The van der Waals surface area contributed by atoms with Crippen LogP contribution in [0.15, 0.2) is 18.2 Å². The minimum absolute atomic E-state index is 0.0535. The molecule has 0 bridgehead atoms. The van der Waals surface area contributed by atoms with Crippen molar-refractivity contribution in [3.63, 3.8) is 0 Å². The van der Waals surface area contributed by atoms with Crippen LogP contribution in [-0.2, 0) is 11.3 Å². The molecule has 1 fully saturated rings. The summed E-state index contributed by atoms with van der Waals surface area (Å²) in [5, 5.41) is 0. The first-order valence-electron chi connectivity index (χ1n) is 6.20. The van der Waals surface area contributed by atoms with E-state index in [-0.39, 0.29) is 11.0 Å². The van der Waals surface area contributed by atoms with Gasteiger partial charge in [0.1, 0.15) is 5.75 Å². The summed E-state index contributed by atoms with van der Waals surface area (Å²) in [5.41, 5.74) is 6.44. The quantitative estimate of drug-likeness (QED) is 0.896. The van der Waals surface area contributed by atoms with Crippen molar-refractivity contribution in [2.75, 3.05) is 13.7 Å². The lowest BCUT2D eigenvalue weighted by atomic mass is 9.64. The van der Waals surface area contributed by atoms with Gasteiger partial charge >= 0.3 is 0 Å². The summed E-state index contributed by atoms with van der Waals surface area (Å²) in [6, 6.07) is 4.95. The molecule has 2 N–H and O–H groups in total. The van der Waals surface area contributed by atoms with Gasteiger partial charge in [-0.15, -0.1) is 0 Å². The second-order valence-corrected chi connectivity index (χ2v) is 5.11. The fraction of sp³-hybridized carbons (Fsp3) is 0.571. The van der Waals surface area contributed by atoms with Crippen molar-refractivity contribution < 1.29 is 13.5 Å². The lowest BCUT2D eigenvalue weighted by Gasteiger charge is -2.42. The van der Waals surface area contributed by atoms with Crippen LogP contribution in [0.2, 0.25) is 0 Å². The molecule has 2 nitrogen and oxygen atoms in total. The molecule has 0 aromatic heterocycles. The highest BCUT2D eigenvalue weighted by molar-refractivity contribution is 5.49. The molecule has 100 valence electrons. The molecule has 1 aromatic rings. The molecule has 1 aliphatic rings. The highest BCUT2D eigenvalue weighted by atomic mass is 19.3. The third-order valence-corrected chi connectivity index (χ3v) is 3.96. The number of alkyl halides is 2. The number of halogens is 2. The summed E-state index contributed by atoms with van der Waals surface area (Å²) >= 11 is 0. The van der Waals surface area contributed by atoms with Gasteiger partial charge in [0.05, 0.1) is 12.7 Å². The minimum Gasteiger partial charge on any atom is -0.496 e. The van der Waals surface area contributed by atoms with Crippen molar-refractivity contribution in [3.05, 3.63) is 29.3 Å². The van der Waals surface area contributed by atoms with Gasteiger partial charge in [-0.05, 0) is 18.9 Å². The van der Waals surface area contributed by atoms with E-state index in [9.17, 15) is 8.78 Å². The van der Waals surface area contributed by atoms with Crippen LogP contribution in [0.1, 0.15) is 37.3 Å². The molecule has 0 heterocycles. The highest BCUT2D eigenvalue weighted by Crippen LogP contribution is 2.49. The first-order chi connectivity index (χ1) is 8.44. The van der Waals surface area contributed by atoms with E-state index >= 15 is 0 Å². The second kappa shape index (κ2) is 4.50. The molecule has 0 spiro atoms. The van der Waals surface area contributed by atoms with Crippen molar-refractivity contribution in [1.82, 2.24) is 0 Å². The van der Waals surface area contributed by atoms with E-state index in [1.807, 2.05) is 6.07 Å². The van der Waals surface area contributed by atoms with Gasteiger partial charge in [0.25, 0.3) is 5.92 Å². The van der Waals surface area contributed by atoms with Crippen LogP contribution in [0.25, 0.3) is 0 Å². The number of benzene rings is 1. The van der Waals surface area contributed by atoms with Gasteiger partial charge in [-0.2, -0.15) is 0 Å². The van der Waals surface area contributed by atoms with Crippen molar-refractivity contribution >= 4 is 0 Å². The van der Waals surface area contributed by atoms with Crippen LogP contribution in [0.3, 0.4) is 0 Å². The number of nitrogens with two attached hydrogens (primary N) is 1. The van der Waals surface area contributed by atoms with E-state index in [1.54, 1.807) is 6.07 Å². The van der Waals surface area contributed by atoms with Crippen molar-refractivity contribution in [1.29, 1.82) is 0 Å². The van der Waals surface area contributed by atoms with Crippen molar-refractivity contribution in [2.45, 2.75) is 37.5 Å². The Bertz CT molecular complexity index is 430. The number of para-hydroxylation sites is 1. The molecule has 0 atom stereocenters. The van der Waals surface area contributed by atoms with Gasteiger partial charge in [-0.3, -0.25) is 0 Å². The second-order valence-electron chi connectivity index (χ2n) is 5.11. The Kier molecular flexibility index (Phi) is 3.32. The van der Waals surface area contributed by atoms with E-state index in [1.165, 1.54) is 13.2 Å². The van der Waals surface area contributed by atoms with Gasteiger partial charge in [0, 0.05) is 24.4 Å². The summed E-state index contributed by atoms with van der Waals surface area (Å²) in [4.78, 5) is 0. The number of methoxy groups -OCH3 is 1. The zero-order valence-electron chi connectivity index (χ0n) is 10.8. The maximum absolute atomic E-state index is 13.6. The maximum Gasteiger partial charge on any atom is 0.274 e. The van der Waals surface area contributed by atoms with Crippen LogP contribution in [-0.4, -0.2) is 13.7 Å². The predicted octanol–water partition coefficient (Wildman–Crippen LogP) is 3.19. The van der Waals surface area contributed by atoms with Gasteiger partial charge in [-0.25, -0.2) is 8.78 Å². The molecule has 0 amide bonds. The third kappa shape index (κ3) is 1.99. The van der Waals surface area contributed by atoms with Gasteiger partial charge in [0.15, 0.2) is 0 Å². The number of rotatable bonds is 4. The van der Waals surface area contributed by atoms with Crippen LogP contribution in [0.4, 0.5) is 8.78 Å². The molecule has 1 aromatic carbocycles. The average molecular weight is 255 g/mol. The average Bonchev–Trinajstić information content (AvgIpc) is 2.27. The van der Waals surface area contributed by atoms with Gasteiger partial charge < -0.3 is 10.5 Å². The van der Waals surface area contributed by atoms with E-state index in [0.29, 0.717) is 12.3 Å². The molecule has 1 aliphatic carbocycles. The molecular formula is C14H19F2NO. The SMILES string of the molecule is COc1c(C(C)(F)F)cccc1C1(CN)CCC1. The van der Waals surface area contributed by atoms with E-state index < -0.39 is 5.92 Å². The highest BCUT2D eigenvalue weighted by Gasteiger charge is 2.41. The van der Waals surface area contributed by atoms with Crippen molar-refractivity contribution in [3.8, 4) is 5.75 Å². The fourth-order valence-corrected chi connectivity index (χ4v) is 2.71. The number of ether oxygens (including phenoxy) is 1. The largest absolute Gasteiger partial charge is 0.496 e. The first-order valence-corrected chi connectivity index (χ1v) is 6.20. The molecule has 0 aliphatic heterocycles. The Hall–Kier alpha value is -1.16. The molecule has 0 radical (unpaired) electrons. The predicted molar refractivity (Wildman–Crippen MR) is 67.1 cm³/mol. The van der Waals surface area contributed by atoms with Crippen LogP contribution >= 0.6 is 0 Å². The lowest BCUT2D eigenvalue weighted by Crippen LogP contribution is -2.42. The Morgan fingerprint density at radius 2 is 2.06 bits per heavy atom. The molecular weight excluding hydrogens is 236 g/mol. The zero-order chi connectivity index (χ0) is 13.4. The summed E-state index contributed by atoms with van der Waals surface area (Å²) in [7, 11) is 1.44. The number of hydrogen-bond acceptors (Lipinski definition) is 2. The number of hydrogen-bond donors (Lipinski definition) is 1. The van der Waals surface area contributed by atoms with Gasteiger partial charge in [0.2, 0.25) is 0 Å². The van der Waals surface area contributed by atoms with Crippen LogP contribution in [0, 0.1) is 0 Å². The zero-order valence-corrected chi connectivity index (χ0v) is 10.8. The first kappa shape index (κ1) is 13.3. The Morgan fingerprint density at radius 1 is 1.39 bits per heavy atom. The molecule has 2 rings (SSSR count). The summed E-state index contributed by atoms with van der Waals surface area (Å²) < 4.78 is 32.4. The minimum atomic E-state index is -2.90. The van der Waals surface area contributed by atoms with Crippen molar-refractivity contribution in [2.24, 2.45) is 5.73 Å². The summed E-state index contributed by atoms with van der Waals surface area (Å²) in [6.45, 7) is 1.37. The monoisotopic (exact) mass is 255 g/mol. The van der Waals surface area contributed by atoms with Gasteiger partial charge in [-0.1, -0.05) is 18.6 Å². The molecule has 1 saturated carbocycles. The van der Waals surface area contributed by atoms with Crippen LogP contribution < -0.4 is 10.5 Å². The van der Waals surface area contributed by atoms with Crippen LogP contribution in [0.5, 0.6) is 5.75 Å². The molecule has 4 heteroatoms. The summed E-state index contributed by atoms with van der Waals surface area (Å²) in [5.74, 6) is -2.60. The Labute approximate surface area is 106 Å². The molecule has 18 heavy (non-hydrogen) atoms. The molecule has 0 saturated heterocycles. The standard InChI is InChI=1S/C14H19F2NO/c1-13(15,16)10-5-3-6-11(12(10)18-2)14(9-17)7-4-8-14/h3,5-6H,4,7-9,17H2,1-2H3. The topological polar surface area (TPSA) is 35.2 Å². The Balaban J connectivity index is 2.55. The lowest BCUT2D eigenvalue weighted by molar-refractivity contribution is 0.0146. The normalized spacial score (nSPS) is 18.3. The van der Waals surface area contributed by atoms with E-state index in [2.05, 4.69) is 0 Å².